The lowest BCUT2D eigenvalue weighted by Crippen LogP contribution is -2.02. The van der Waals surface area contributed by atoms with E-state index in [1.807, 2.05) is 25.1 Å². The summed E-state index contributed by atoms with van der Waals surface area (Å²) >= 11 is 0. The highest BCUT2D eigenvalue weighted by atomic mass is 14.9. The van der Waals surface area contributed by atoms with Crippen LogP contribution in [-0.4, -0.2) is 4.98 Å². The fraction of sp³-hybridized carbons (Fsp3) is 0.267. The van der Waals surface area contributed by atoms with Crippen LogP contribution in [0.2, 0.25) is 0 Å². The fourth-order valence-corrected chi connectivity index (χ4v) is 1.79. The van der Waals surface area contributed by atoms with E-state index in [4.69, 9.17) is 0 Å². The Balaban J connectivity index is 2.02. The predicted molar refractivity (Wildman–Crippen MR) is 72.1 cm³/mol. The van der Waals surface area contributed by atoms with Gasteiger partial charge in [-0.25, -0.2) is 0 Å². The fourth-order valence-electron chi connectivity index (χ4n) is 1.79. The number of rotatable bonds is 4. The summed E-state index contributed by atoms with van der Waals surface area (Å²) in [6, 6.07) is 14.6. The van der Waals surface area contributed by atoms with Crippen LogP contribution in [-0.2, 0) is 13.0 Å². The van der Waals surface area contributed by atoms with Crippen molar-refractivity contribution in [1.82, 2.24) is 4.98 Å². The highest BCUT2D eigenvalue weighted by molar-refractivity contribution is 5.45. The number of nitrogens with zero attached hydrogens (tertiary/aromatic N) is 1. The first-order chi connectivity index (χ1) is 8.28. The number of hydrogen-bond donors (Lipinski definition) is 1. The Bertz CT molecular complexity index is 492. The zero-order valence-electron chi connectivity index (χ0n) is 10.4. The molecule has 0 saturated carbocycles. The van der Waals surface area contributed by atoms with Crippen molar-refractivity contribution in [2.45, 2.75) is 26.8 Å². The van der Waals surface area contributed by atoms with Crippen molar-refractivity contribution in [1.29, 1.82) is 0 Å². The third-order valence-corrected chi connectivity index (χ3v) is 2.75. The topological polar surface area (TPSA) is 24.9 Å². The average Bonchev–Trinajstić information content (AvgIpc) is 2.37. The van der Waals surface area contributed by atoms with Gasteiger partial charge in [-0.2, -0.15) is 0 Å². The van der Waals surface area contributed by atoms with Gasteiger partial charge in [0.2, 0.25) is 0 Å². The van der Waals surface area contributed by atoms with E-state index in [-0.39, 0.29) is 0 Å². The molecule has 0 unspecified atom stereocenters. The van der Waals surface area contributed by atoms with Gasteiger partial charge in [0.05, 0.1) is 12.2 Å². The molecule has 2 heteroatoms. The first kappa shape index (κ1) is 11.6. The average molecular weight is 226 g/mol. The molecule has 0 radical (unpaired) electrons. The molecule has 0 aliphatic heterocycles. The number of aryl methyl sites for hydroxylation is 2. The second-order valence-corrected chi connectivity index (χ2v) is 4.18. The lowest BCUT2D eigenvalue weighted by Gasteiger charge is -2.07. The van der Waals surface area contributed by atoms with Crippen molar-refractivity contribution < 1.29 is 0 Å². The van der Waals surface area contributed by atoms with Gasteiger partial charge in [-0.1, -0.05) is 25.1 Å². The molecule has 0 fully saturated rings. The number of hydrogen-bond acceptors (Lipinski definition) is 2. The van der Waals surface area contributed by atoms with Crippen LogP contribution in [0.15, 0.2) is 42.5 Å². The van der Waals surface area contributed by atoms with Crippen LogP contribution in [0.5, 0.6) is 0 Å². The highest BCUT2D eigenvalue weighted by Gasteiger charge is 1.96. The minimum Gasteiger partial charge on any atom is -0.379 e. The van der Waals surface area contributed by atoms with E-state index < -0.39 is 0 Å². The second-order valence-electron chi connectivity index (χ2n) is 4.18. The summed E-state index contributed by atoms with van der Waals surface area (Å²) in [6.45, 7) is 4.96. The molecule has 0 bridgehead atoms. The van der Waals surface area contributed by atoms with Crippen molar-refractivity contribution in [2.75, 3.05) is 5.32 Å². The van der Waals surface area contributed by atoms with Gasteiger partial charge in [0, 0.05) is 11.4 Å². The van der Waals surface area contributed by atoms with E-state index in [9.17, 15) is 0 Å². The first-order valence-corrected chi connectivity index (χ1v) is 6.03. The minimum atomic E-state index is 0.773. The van der Waals surface area contributed by atoms with E-state index in [0.717, 1.165) is 30.0 Å². The number of aromatic nitrogens is 1. The molecule has 0 amide bonds. The molecule has 1 aromatic heterocycles. The van der Waals surface area contributed by atoms with Gasteiger partial charge in [-0.05, 0) is 43.2 Å². The lowest BCUT2D eigenvalue weighted by molar-refractivity contribution is 1.01. The molecule has 1 N–H and O–H groups in total. The van der Waals surface area contributed by atoms with Gasteiger partial charge in [-0.15, -0.1) is 0 Å². The van der Waals surface area contributed by atoms with Gasteiger partial charge in [0.15, 0.2) is 0 Å². The van der Waals surface area contributed by atoms with Crippen molar-refractivity contribution >= 4 is 5.69 Å². The number of nitrogens with one attached hydrogen (secondary N) is 1. The Hall–Kier alpha value is -1.83. The maximum atomic E-state index is 4.47. The smallest absolute Gasteiger partial charge is 0.0597 e. The van der Waals surface area contributed by atoms with Crippen molar-refractivity contribution in [3.63, 3.8) is 0 Å². The molecule has 17 heavy (non-hydrogen) atoms. The summed E-state index contributed by atoms with van der Waals surface area (Å²) in [6.07, 6.45) is 1.07. The van der Waals surface area contributed by atoms with Crippen molar-refractivity contribution in [3.05, 3.63) is 59.4 Å². The maximum Gasteiger partial charge on any atom is 0.0597 e. The van der Waals surface area contributed by atoms with Crippen LogP contribution >= 0.6 is 0 Å². The third kappa shape index (κ3) is 3.31. The van der Waals surface area contributed by atoms with Gasteiger partial charge >= 0.3 is 0 Å². The van der Waals surface area contributed by atoms with Gasteiger partial charge < -0.3 is 5.32 Å². The van der Waals surface area contributed by atoms with Crippen LogP contribution in [0, 0.1) is 6.92 Å². The van der Waals surface area contributed by atoms with Crippen molar-refractivity contribution in [2.24, 2.45) is 0 Å². The number of anilines is 1. The van der Waals surface area contributed by atoms with Gasteiger partial charge in [-0.3, -0.25) is 4.98 Å². The van der Waals surface area contributed by atoms with Crippen LogP contribution in [0.25, 0.3) is 0 Å². The first-order valence-electron chi connectivity index (χ1n) is 6.03. The molecule has 0 atom stereocenters. The van der Waals surface area contributed by atoms with E-state index >= 15 is 0 Å². The molecule has 0 saturated heterocycles. The Morgan fingerprint density at radius 1 is 1.12 bits per heavy atom. The lowest BCUT2D eigenvalue weighted by atomic mass is 10.1. The monoisotopic (exact) mass is 226 g/mol. The van der Waals surface area contributed by atoms with E-state index in [2.05, 4.69) is 41.5 Å². The van der Waals surface area contributed by atoms with Crippen LogP contribution < -0.4 is 5.32 Å². The molecule has 0 aliphatic carbocycles. The molecule has 0 spiro atoms. The van der Waals surface area contributed by atoms with E-state index in [1.165, 1.54) is 5.56 Å². The van der Waals surface area contributed by atoms with Gasteiger partial charge in [0.25, 0.3) is 0 Å². The molecular weight excluding hydrogens is 208 g/mol. The predicted octanol–water partition coefficient (Wildman–Crippen LogP) is 3.56. The molecule has 2 aromatic rings. The molecule has 1 heterocycles. The summed E-state index contributed by atoms with van der Waals surface area (Å²) in [5.41, 5.74) is 4.65. The summed E-state index contributed by atoms with van der Waals surface area (Å²) in [7, 11) is 0. The van der Waals surface area contributed by atoms with E-state index in [0.29, 0.717) is 0 Å². The van der Waals surface area contributed by atoms with Gasteiger partial charge in [0.1, 0.15) is 0 Å². The minimum absolute atomic E-state index is 0.773. The molecule has 0 aliphatic rings. The Labute approximate surface area is 103 Å². The van der Waals surface area contributed by atoms with Crippen molar-refractivity contribution in [3.8, 4) is 0 Å². The number of pyridine rings is 1. The molecular formula is C15H18N2. The zero-order valence-corrected chi connectivity index (χ0v) is 10.4. The standard InChI is InChI=1S/C15H18N2/c1-3-13-7-5-8-14(10-13)16-11-15-9-4-6-12(2)17-15/h4-10,16H,3,11H2,1-2H3. The Morgan fingerprint density at radius 2 is 1.94 bits per heavy atom. The summed E-state index contributed by atoms with van der Waals surface area (Å²) in [5.74, 6) is 0. The largest absolute Gasteiger partial charge is 0.379 e. The summed E-state index contributed by atoms with van der Waals surface area (Å²) in [4.78, 5) is 4.47. The van der Waals surface area contributed by atoms with Crippen LogP contribution in [0.1, 0.15) is 23.9 Å². The highest BCUT2D eigenvalue weighted by Crippen LogP contribution is 2.12. The normalized spacial score (nSPS) is 10.2. The second kappa shape index (κ2) is 5.48. The Morgan fingerprint density at radius 3 is 2.71 bits per heavy atom. The molecule has 1 aromatic carbocycles. The zero-order chi connectivity index (χ0) is 12.1. The maximum absolute atomic E-state index is 4.47. The van der Waals surface area contributed by atoms with Crippen LogP contribution in [0.4, 0.5) is 5.69 Å². The molecule has 88 valence electrons. The quantitative estimate of drug-likeness (QED) is 0.862. The summed E-state index contributed by atoms with van der Waals surface area (Å²) in [5, 5.41) is 3.40. The van der Waals surface area contributed by atoms with E-state index in [1.54, 1.807) is 0 Å². The third-order valence-electron chi connectivity index (χ3n) is 2.75. The SMILES string of the molecule is CCc1cccc(NCc2cccc(C)n2)c1. The molecule has 2 rings (SSSR count). The number of benzene rings is 1. The summed E-state index contributed by atoms with van der Waals surface area (Å²) < 4.78 is 0. The molecule has 2 nitrogen and oxygen atoms in total. The Kier molecular flexibility index (Phi) is 3.76. The van der Waals surface area contributed by atoms with Crippen LogP contribution in [0.3, 0.4) is 0 Å².